The first-order chi connectivity index (χ1) is 15.8. The molecule has 0 fully saturated rings. The molecule has 1 aliphatic heterocycles. The molecular weight excluding hydrogens is 431 g/mol. The molecule has 1 atom stereocenters. The van der Waals surface area contributed by atoms with E-state index in [0.717, 1.165) is 4.57 Å². The standard InChI is InChI=1S/C23H19FN4O5/c1-25-19-17(22(29)26(2)23(25)30)18(14-4-3-5-16(12-14)28(31)32)27-10-11-33-21(20(19)27)13-6-8-15(24)9-7-13/h3-9,12,21H,10-11H2,1-2H3. The van der Waals surface area contributed by atoms with Crippen LogP contribution < -0.4 is 11.2 Å². The molecule has 0 saturated heterocycles. The zero-order valence-electron chi connectivity index (χ0n) is 17.8. The lowest BCUT2D eigenvalue weighted by Gasteiger charge is -2.27. The van der Waals surface area contributed by atoms with Crippen LogP contribution in [-0.4, -0.2) is 25.2 Å². The molecule has 33 heavy (non-hydrogen) atoms. The molecule has 0 radical (unpaired) electrons. The van der Waals surface area contributed by atoms with Crippen molar-refractivity contribution in [2.75, 3.05) is 6.61 Å². The minimum atomic E-state index is -0.660. The highest BCUT2D eigenvalue weighted by Crippen LogP contribution is 2.41. The predicted molar refractivity (Wildman–Crippen MR) is 119 cm³/mol. The number of hydrogen-bond acceptors (Lipinski definition) is 5. The van der Waals surface area contributed by atoms with Crippen molar-refractivity contribution in [2.45, 2.75) is 12.6 Å². The van der Waals surface area contributed by atoms with Crippen LogP contribution in [0.5, 0.6) is 0 Å². The summed E-state index contributed by atoms with van der Waals surface area (Å²) < 4.78 is 23.9. The van der Waals surface area contributed by atoms with Crippen molar-refractivity contribution < 1.29 is 14.1 Å². The maximum absolute atomic E-state index is 13.6. The Kier molecular flexibility index (Phi) is 4.75. The van der Waals surface area contributed by atoms with Crippen LogP contribution in [-0.2, 0) is 25.4 Å². The number of nitrogens with zero attached hydrogens (tertiary/aromatic N) is 4. The molecule has 4 aromatic rings. The maximum atomic E-state index is 13.6. The van der Waals surface area contributed by atoms with Gasteiger partial charge in [-0.3, -0.25) is 24.0 Å². The third-order valence-corrected chi connectivity index (χ3v) is 6.06. The molecule has 0 aliphatic carbocycles. The van der Waals surface area contributed by atoms with Gasteiger partial charge in [-0.25, -0.2) is 9.18 Å². The molecule has 0 spiro atoms. The van der Waals surface area contributed by atoms with Crippen molar-refractivity contribution in [1.82, 2.24) is 13.7 Å². The number of rotatable bonds is 3. The Balaban J connectivity index is 1.93. The highest BCUT2D eigenvalue weighted by atomic mass is 19.1. The second kappa shape index (κ2) is 7.52. The summed E-state index contributed by atoms with van der Waals surface area (Å²) >= 11 is 0. The van der Waals surface area contributed by atoms with Crippen molar-refractivity contribution in [3.05, 3.63) is 96.6 Å². The molecule has 3 heterocycles. The number of nitro benzene ring substituents is 1. The van der Waals surface area contributed by atoms with Gasteiger partial charge in [-0.05, 0) is 17.7 Å². The van der Waals surface area contributed by atoms with Crippen LogP contribution in [0.4, 0.5) is 10.1 Å². The van der Waals surface area contributed by atoms with Gasteiger partial charge in [-0.1, -0.05) is 24.3 Å². The zero-order chi connectivity index (χ0) is 23.4. The van der Waals surface area contributed by atoms with Crippen LogP contribution in [0.2, 0.25) is 0 Å². The van der Waals surface area contributed by atoms with E-state index in [4.69, 9.17) is 4.74 Å². The van der Waals surface area contributed by atoms with Crippen LogP contribution in [0.15, 0.2) is 58.1 Å². The molecule has 1 unspecified atom stereocenters. The Labute approximate surface area is 186 Å². The molecule has 2 aromatic carbocycles. The third-order valence-electron chi connectivity index (χ3n) is 6.06. The van der Waals surface area contributed by atoms with Crippen LogP contribution in [0.3, 0.4) is 0 Å². The van der Waals surface area contributed by atoms with Gasteiger partial charge in [0.2, 0.25) is 0 Å². The second-order valence-corrected chi connectivity index (χ2v) is 7.92. The number of aromatic nitrogens is 3. The Bertz CT molecular complexity index is 1550. The summed E-state index contributed by atoms with van der Waals surface area (Å²) in [7, 11) is 2.96. The van der Waals surface area contributed by atoms with Crippen LogP contribution in [0.25, 0.3) is 22.2 Å². The molecule has 2 aromatic heterocycles. The van der Waals surface area contributed by atoms with E-state index in [9.17, 15) is 24.1 Å². The fourth-order valence-electron chi connectivity index (χ4n) is 4.54. The lowest BCUT2D eigenvalue weighted by molar-refractivity contribution is -0.384. The number of ether oxygens (including phenoxy) is 1. The van der Waals surface area contributed by atoms with Crippen molar-refractivity contribution in [2.24, 2.45) is 14.1 Å². The normalized spacial score (nSPS) is 15.5. The Morgan fingerprint density at radius 2 is 1.82 bits per heavy atom. The van der Waals surface area contributed by atoms with Crippen molar-refractivity contribution in [3.8, 4) is 11.3 Å². The van der Waals surface area contributed by atoms with E-state index in [2.05, 4.69) is 0 Å². The Morgan fingerprint density at radius 3 is 2.52 bits per heavy atom. The molecule has 0 N–H and O–H groups in total. The number of hydrogen-bond donors (Lipinski definition) is 0. The predicted octanol–water partition coefficient (Wildman–Crippen LogP) is 2.87. The molecule has 1 aliphatic rings. The zero-order valence-corrected chi connectivity index (χ0v) is 17.8. The first-order valence-corrected chi connectivity index (χ1v) is 10.2. The van der Waals surface area contributed by atoms with E-state index in [-0.39, 0.29) is 11.1 Å². The topological polar surface area (TPSA) is 101 Å². The lowest BCUT2D eigenvalue weighted by Crippen LogP contribution is -2.37. The molecular formula is C23H19FN4O5. The van der Waals surface area contributed by atoms with E-state index in [0.29, 0.717) is 41.2 Å². The van der Waals surface area contributed by atoms with E-state index in [1.165, 1.54) is 35.9 Å². The Hall–Kier alpha value is -4.05. The number of non-ortho nitro benzene ring substituents is 1. The van der Waals surface area contributed by atoms with Gasteiger partial charge in [0, 0.05) is 38.3 Å². The van der Waals surface area contributed by atoms with E-state index in [1.54, 1.807) is 31.3 Å². The summed E-state index contributed by atoms with van der Waals surface area (Å²) in [5, 5.41) is 11.7. The summed E-state index contributed by atoms with van der Waals surface area (Å²) in [5.41, 5.74) is 1.46. The summed E-state index contributed by atoms with van der Waals surface area (Å²) in [4.78, 5) is 37.0. The molecule has 5 rings (SSSR count). The first-order valence-electron chi connectivity index (χ1n) is 10.2. The largest absolute Gasteiger partial charge is 0.365 e. The van der Waals surface area contributed by atoms with Gasteiger partial charge in [0.15, 0.2) is 0 Å². The van der Waals surface area contributed by atoms with Gasteiger partial charge in [0.25, 0.3) is 11.2 Å². The molecule has 0 saturated carbocycles. The van der Waals surface area contributed by atoms with Gasteiger partial charge >= 0.3 is 5.69 Å². The van der Waals surface area contributed by atoms with Crippen LogP contribution >= 0.6 is 0 Å². The highest BCUT2D eigenvalue weighted by Gasteiger charge is 2.33. The minimum Gasteiger partial charge on any atom is -0.365 e. The summed E-state index contributed by atoms with van der Waals surface area (Å²) in [6.45, 7) is 0.670. The van der Waals surface area contributed by atoms with E-state index in [1.807, 2.05) is 4.57 Å². The van der Waals surface area contributed by atoms with E-state index < -0.39 is 28.1 Å². The average Bonchev–Trinajstić information content (AvgIpc) is 3.17. The van der Waals surface area contributed by atoms with Crippen LogP contribution in [0, 0.1) is 15.9 Å². The van der Waals surface area contributed by atoms with Crippen molar-refractivity contribution in [3.63, 3.8) is 0 Å². The average molecular weight is 450 g/mol. The number of fused-ring (bicyclic) bond motifs is 3. The Morgan fingerprint density at radius 1 is 1.09 bits per heavy atom. The molecule has 9 nitrogen and oxygen atoms in total. The first kappa shape index (κ1) is 20.8. The third kappa shape index (κ3) is 3.10. The SMILES string of the molecule is Cn1c(=O)c2c(-c3cccc([N+](=O)[O-])c3)n3c(c2n(C)c1=O)C(c1ccc(F)cc1)OCC3. The highest BCUT2D eigenvalue weighted by molar-refractivity contribution is 5.96. The summed E-state index contributed by atoms with van der Waals surface area (Å²) in [6, 6.07) is 11.9. The van der Waals surface area contributed by atoms with E-state index >= 15 is 0 Å². The fraction of sp³-hybridized carbons (Fsp3) is 0.217. The summed E-state index contributed by atoms with van der Waals surface area (Å²) in [5.74, 6) is -0.395. The molecule has 0 bridgehead atoms. The van der Waals surface area contributed by atoms with Gasteiger partial charge < -0.3 is 9.30 Å². The minimum absolute atomic E-state index is 0.111. The van der Waals surface area contributed by atoms with Crippen molar-refractivity contribution >= 4 is 16.6 Å². The monoisotopic (exact) mass is 450 g/mol. The number of halogens is 1. The smallest absolute Gasteiger partial charge is 0.331 e. The fourth-order valence-corrected chi connectivity index (χ4v) is 4.54. The second-order valence-electron chi connectivity index (χ2n) is 7.92. The molecule has 168 valence electrons. The van der Waals surface area contributed by atoms with Gasteiger partial charge in [-0.2, -0.15) is 0 Å². The van der Waals surface area contributed by atoms with Gasteiger partial charge in [-0.15, -0.1) is 0 Å². The van der Waals surface area contributed by atoms with Gasteiger partial charge in [0.1, 0.15) is 11.9 Å². The quantitative estimate of drug-likeness (QED) is 0.353. The number of nitro groups is 1. The van der Waals surface area contributed by atoms with Gasteiger partial charge in [0.05, 0.1) is 33.8 Å². The lowest BCUT2D eigenvalue weighted by atomic mass is 10.0. The van der Waals surface area contributed by atoms with Crippen molar-refractivity contribution in [1.29, 1.82) is 0 Å². The van der Waals surface area contributed by atoms with Crippen LogP contribution in [0.1, 0.15) is 17.4 Å². The molecule has 0 amide bonds. The maximum Gasteiger partial charge on any atom is 0.331 e. The number of aryl methyl sites for hydroxylation is 1. The summed E-state index contributed by atoms with van der Waals surface area (Å²) in [6.07, 6.45) is -0.660. The number of benzene rings is 2. The molecule has 10 heteroatoms.